The lowest BCUT2D eigenvalue weighted by Crippen LogP contribution is -2.30. The fraction of sp³-hybridized carbons (Fsp3) is 0.333. The molecule has 0 radical (unpaired) electrons. The first-order valence-corrected chi connectivity index (χ1v) is 10.5. The van der Waals surface area contributed by atoms with Crippen molar-refractivity contribution in [2.75, 3.05) is 18.4 Å². The molecule has 2 heterocycles. The molecule has 1 fully saturated rings. The van der Waals surface area contributed by atoms with Gasteiger partial charge in [0.15, 0.2) is 0 Å². The van der Waals surface area contributed by atoms with Gasteiger partial charge in [0.25, 0.3) is 0 Å². The molecule has 6 heteroatoms. The molecule has 0 bridgehead atoms. The molecule has 1 aliphatic carbocycles. The summed E-state index contributed by atoms with van der Waals surface area (Å²) < 4.78 is 13.6. The highest BCUT2D eigenvalue weighted by atomic mass is 19.1. The van der Waals surface area contributed by atoms with Gasteiger partial charge in [-0.1, -0.05) is 6.07 Å². The summed E-state index contributed by atoms with van der Waals surface area (Å²) in [4.78, 5) is 30.0. The Balaban J connectivity index is 1.21. The first-order valence-electron chi connectivity index (χ1n) is 10.5. The minimum Gasteiger partial charge on any atom is -0.361 e. The molecule has 2 aliphatic rings. The number of aromatic nitrogens is 1. The Hall–Kier alpha value is -3.15. The lowest BCUT2D eigenvalue weighted by molar-refractivity contribution is -0.128. The molecular weight excluding hydrogens is 381 g/mol. The summed E-state index contributed by atoms with van der Waals surface area (Å²) in [5, 5.41) is 3.83. The minimum atomic E-state index is -0.342. The highest BCUT2D eigenvalue weighted by Crippen LogP contribution is 2.27. The molecule has 1 aliphatic heterocycles. The van der Waals surface area contributed by atoms with Crippen LogP contribution in [-0.4, -0.2) is 34.8 Å². The van der Waals surface area contributed by atoms with E-state index in [0.29, 0.717) is 19.5 Å². The Morgan fingerprint density at radius 3 is 2.93 bits per heavy atom. The van der Waals surface area contributed by atoms with Crippen LogP contribution in [0.1, 0.15) is 29.5 Å². The van der Waals surface area contributed by atoms with Gasteiger partial charge in [-0.3, -0.25) is 9.59 Å². The lowest BCUT2D eigenvalue weighted by atomic mass is 10.1. The fourth-order valence-corrected chi connectivity index (χ4v) is 4.67. The summed E-state index contributed by atoms with van der Waals surface area (Å²) in [6.07, 6.45) is 6.06. The molecule has 0 saturated carbocycles. The van der Waals surface area contributed by atoms with E-state index in [2.05, 4.69) is 22.4 Å². The average Bonchev–Trinajstić information content (AvgIpc) is 3.44. The number of anilines is 1. The minimum absolute atomic E-state index is 0.00451. The van der Waals surface area contributed by atoms with Crippen LogP contribution in [0.5, 0.6) is 0 Å². The maximum atomic E-state index is 13.6. The van der Waals surface area contributed by atoms with E-state index in [0.717, 1.165) is 35.0 Å². The summed E-state index contributed by atoms with van der Waals surface area (Å²) >= 11 is 0. The van der Waals surface area contributed by atoms with E-state index in [1.807, 2.05) is 12.3 Å². The first kappa shape index (κ1) is 18.9. The number of carbonyl (C=O) groups is 2. The number of carbonyl (C=O) groups excluding carboxylic acids is 2. The quantitative estimate of drug-likeness (QED) is 0.678. The zero-order chi connectivity index (χ0) is 20.7. The third-order valence-corrected chi connectivity index (χ3v) is 6.33. The Morgan fingerprint density at radius 2 is 2.03 bits per heavy atom. The molecule has 1 saturated heterocycles. The van der Waals surface area contributed by atoms with Gasteiger partial charge in [0, 0.05) is 42.3 Å². The van der Waals surface area contributed by atoms with E-state index in [-0.39, 0.29) is 30.0 Å². The van der Waals surface area contributed by atoms with Gasteiger partial charge in [-0.05, 0) is 72.7 Å². The summed E-state index contributed by atoms with van der Waals surface area (Å²) in [6.45, 7) is 0.942. The molecule has 3 aromatic rings. The second-order valence-electron chi connectivity index (χ2n) is 8.32. The molecule has 1 aromatic heterocycles. The summed E-state index contributed by atoms with van der Waals surface area (Å²) in [5.74, 6) is -0.719. The van der Waals surface area contributed by atoms with Crippen LogP contribution in [0.4, 0.5) is 10.1 Å². The number of halogens is 1. The molecule has 2 aromatic carbocycles. The summed E-state index contributed by atoms with van der Waals surface area (Å²) in [6, 6.07) is 10.8. The molecule has 30 heavy (non-hydrogen) atoms. The highest BCUT2D eigenvalue weighted by Gasteiger charge is 2.34. The SMILES string of the molecule is O=C(Nc1ccc2c(c1)CCC2)C1CC(=O)N(CCc2c[nH]c3ccc(F)cc23)C1. The van der Waals surface area contributed by atoms with Crippen molar-refractivity contribution >= 4 is 28.4 Å². The number of fused-ring (bicyclic) bond motifs is 2. The molecule has 1 atom stereocenters. The second-order valence-corrected chi connectivity index (χ2v) is 8.32. The van der Waals surface area contributed by atoms with Crippen molar-refractivity contribution in [2.45, 2.75) is 32.1 Å². The molecule has 5 nitrogen and oxygen atoms in total. The van der Waals surface area contributed by atoms with Gasteiger partial charge in [-0.2, -0.15) is 0 Å². The number of hydrogen-bond donors (Lipinski definition) is 2. The van der Waals surface area contributed by atoms with Crippen LogP contribution in [-0.2, 0) is 28.9 Å². The summed E-state index contributed by atoms with van der Waals surface area (Å²) in [7, 11) is 0. The van der Waals surface area contributed by atoms with Crippen LogP contribution in [0.3, 0.4) is 0 Å². The van der Waals surface area contributed by atoms with Crippen LogP contribution in [0.15, 0.2) is 42.6 Å². The highest BCUT2D eigenvalue weighted by molar-refractivity contribution is 5.97. The lowest BCUT2D eigenvalue weighted by Gasteiger charge is -2.16. The van der Waals surface area contributed by atoms with Crippen molar-refractivity contribution < 1.29 is 14.0 Å². The van der Waals surface area contributed by atoms with Gasteiger partial charge < -0.3 is 15.2 Å². The van der Waals surface area contributed by atoms with E-state index in [9.17, 15) is 14.0 Å². The topological polar surface area (TPSA) is 65.2 Å². The molecule has 0 spiro atoms. The first-order chi connectivity index (χ1) is 14.6. The molecule has 154 valence electrons. The maximum absolute atomic E-state index is 13.6. The number of aryl methyl sites for hydroxylation is 2. The Bertz CT molecular complexity index is 1140. The Labute approximate surface area is 174 Å². The number of aromatic amines is 1. The molecule has 2 amide bonds. The van der Waals surface area contributed by atoms with Gasteiger partial charge in [0.1, 0.15) is 5.82 Å². The third kappa shape index (κ3) is 3.58. The van der Waals surface area contributed by atoms with E-state index in [1.165, 1.54) is 29.7 Å². The standard InChI is InChI=1S/C24H24FN3O2/c25-19-5-7-22-21(12-19)17(13-26-22)8-9-28-14-18(11-23(28)29)24(30)27-20-6-4-15-2-1-3-16(15)10-20/h4-7,10,12-13,18,26H,1-3,8-9,11,14H2,(H,27,30). The predicted molar refractivity (Wildman–Crippen MR) is 114 cm³/mol. The largest absolute Gasteiger partial charge is 0.361 e. The van der Waals surface area contributed by atoms with Crippen LogP contribution in [0.2, 0.25) is 0 Å². The fourth-order valence-electron chi connectivity index (χ4n) is 4.67. The van der Waals surface area contributed by atoms with Gasteiger partial charge in [-0.15, -0.1) is 0 Å². The van der Waals surface area contributed by atoms with Crippen molar-refractivity contribution in [2.24, 2.45) is 5.92 Å². The van der Waals surface area contributed by atoms with E-state index in [1.54, 1.807) is 11.0 Å². The zero-order valence-electron chi connectivity index (χ0n) is 16.7. The van der Waals surface area contributed by atoms with Crippen LogP contribution >= 0.6 is 0 Å². The number of rotatable bonds is 5. The van der Waals surface area contributed by atoms with E-state index >= 15 is 0 Å². The molecule has 1 unspecified atom stereocenters. The monoisotopic (exact) mass is 405 g/mol. The number of nitrogens with one attached hydrogen (secondary N) is 2. The molecular formula is C24H24FN3O2. The van der Waals surface area contributed by atoms with Gasteiger partial charge in [0.2, 0.25) is 11.8 Å². The van der Waals surface area contributed by atoms with Gasteiger partial charge in [0.05, 0.1) is 5.92 Å². The van der Waals surface area contributed by atoms with E-state index < -0.39 is 0 Å². The van der Waals surface area contributed by atoms with E-state index in [4.69, 9.17) is 0 Å². The Kier molecular flexibility index (Phi) is 4.77. The number of H-pyrrole nitrogens is 1. The maximum Gasteiger partial charge on any atom is 0.229 e. The number of hydrogen-bond acceptors (Lipinski definition) is 2. The van der Waals surface area contributed by atoms with Crippen LogP contribution < -0.4 is 5.32 Å². The third-order valence-electron chi connectivity index (χ3n) is 6.33. The van der Waals surface area contributed by atoms with Crippen molar-refractivity contribution in [3.63, 3.8) is 0 Å². The predicted octanol–water partition coefficient (Wildman–Crippen LogP) is 3.83. The normalized spacial score (nSPS) is 18.2. The molecule has 2 N–H and O–H groups in total. The van der Waals surface area contributed by atoms with Crippen molar-refractivity contribution in [3.05, 3.63) is 65.1 Å². The zero-order valence-corrected chi connectivity index (χ0v) is 16.7. The van der Waals surface area contributed by atoms with Crippen molar-refractivity contribution in [3.8, 4) is 0 Å². The smallest absolute Gasteiger partial charge is 0.229 e. The average molecular weight is 405 g/mol. The van der Waals surface area contributed by atoms with Crippen molar-refractivity contribution in [1.82, 2.24) is 9.88 Å². The van der Waals surface area contributed by atoms with Gasteiger partial charge in [-0.25, -0.2) is 4.39 Å². The Morgan fingerprint density at radius 1 is 1.17 bits per heavy atom. The van der Waals surface area contributed by atoms with Gasteiger partial charge >= 0.3 is 0 Å². The molecule has 5 rings (SSSR count). The van der Waals surface area contributed by atoms with Crippen LogP contribution in [0, 0.1) is 11.7 Å². The summed E-state index contributed by atoms with van der Waals surface area (Å²) in [5.41, 5.74) is 5.35. The second kappa shape index (κ2) is 7.59. The number of benzene rings is 2. The van der Waals surface area contributed by atoms with Crippen molar-refractivity contribution in [1.29, 1.82) is 0 Å². The number of amides is 2. The van der Waals surface area contributed by atoms with Crippen LogP contribution in [0.25, 0.3) is 10.9 Å². The number of likely N-dealkylation sites (tertiary alicyclic amines) is 1. The number of nitrogens with zero attached hydrogens (tertiary/aromatic N) is 1.